The average Bonchev–Trinajstić information content (AvgIpc) is 2.43. The maximum atomic E-state index is 2.29. The van der Waals surface area contributed by atoms with Gasteiger partial charge in [-0.15, -0.1) is 0 Å². The summed E-state index contributed by atoms with van der Waals surface area (Å²) < 4.78 is 0. The van der Waals surface area contributed by atoms with Crippen LogP contribution >= 0.6 is 0 Å². The first-order valence-corrected chi connectivity index (χ1v) is 8.03. The van der Waals surface area contributed by atoms with E-state index in [1.54, 1.807) is 0 Å². The van der Waals surface area contributed by atoms with Crippen molar-refractivity contribution >= 4 is 0 Å². The Morgan fingerprint density at radius 3 is 1.95 bits per heavy atom. The van der Waals surface area contributed by atoms with Crippen molar-refractivity contribution in [3.63, 3.8) is 0 Å². The molecule has 0 amide bonds. The molecule has 108 valence electrons. The molecule has 0 saturated carbocycles. The van der Waals surface area contributed by atoms with E-state index in [1.807, 2.05) is 0 Å². The molecule has 0 aliphatic rings. The molecule has 0 rings (SSSR count). The Kier molecular flexibility index (Phi) is 16.0. The standard InChI is InChI=1S/C19H32/c1-3-5-7-9-11-13-15-17-19-18-16-14-12-10-8-6-4-2/h5,7,11,13,16-19H,3-4,6,8-10,12,14-15H2,1-2H3. The minimum Gasteiger partial charge on any atom is -0.0885 e. The molecule has 0 N–H and O–H groups in total. The minimum atomic E-state index is 1.04. The third kappa shape index (κ3) is 17.0. The molecule has 0 aromatic carbocycles. The smallest absolute Gasteiger partial charge is 0.0166 e. The summed E-state index contributed by atoms with van der Waals surface area (Å²) in [6, 6.07) is 0. The molecule has 0 aromatic rings. The number of allylic oxidation sites excluding steroid dienone is 8. The molecule has 0 saturated heterocycles. The summed E-state index contributed by atoms with van der Waals surface area (Å²) in [7, 11) is 0. The molecule has 0 nitrogen and oxygen atoms in total. The van der Waals surface area contributed by atoms with Gasteiger partial charge in [0.05, 0.1) is 0 Å². The van der Waals surface area contributed by atoms with E-state index in [0.717, 1.165) is 19.3 Å². The van der Waals surface area contributed by atoms with Crippen molar-refractivity contribution in [2.75, 3.05) is 0 Å². The summed E-state index contributed by atoms with van der Waals surface area (Å²) in [4.78, 5) is 0. The second-order valence-corrected chi connectivity index (χ2v) is 4.88. The summed E-state index contributed by atoms with van der Waals surface area (Å²) in [5.74, 6) is 0. The van der Waals surface area contributed by atoms with Crippen LogP contribution in [-0.4, -0.2) is 0 Å². The molecule has 19 heavy (non-hydrogen) atoms. The minimum absolute atomic E-state index is 1.04. The van der Waals surface area contributed by atoms with E-state index in [2.05, 4.69) is 62.5 Å². The largest absolute Gasteiger partial charge is 0.0885 e. The predicted octanol–water partition coefficient (Wildman–Crippen LogP) is 6.76. The van der Waals surface area contributed by atoms with Crippen molar-refractivity contribution in [2.24, 2.45) is 0 Å². The lowest BCUT2D eigenvalue weighted by Gasteiger charge is -1.95. The lowest BCUT2D eigenvalue weighted by atomic mass is 10.1. The average molecular weight is 260 g/mol. The van der Waals surface area contributed by atoms with Gasteiger partial charge in [-0.2, -0.15) is 0 Å². The van der Waals surface area contributed by atoms with Gasteiger partial charge in [0, 0.05) is 0 Å². The number of rotatable bonds is 12. The maximum Gasteiger partial charge on any atom is -0.0166 e. The maximum absolute atomic E-state index is 2.29. The van der Waals surface area contributed by atoms with Crippen LogP contribution in [0.25, 0.3) is 0 Å². The van der Waals surface area contributed by atoms with Crippen LogP contribution in [0, 0.1) is 0 Å². The van der Waals surface area contributed by atoms with Crippen molar-refractivity contribution in [3.8, 4) is 0 Å². The van der Waals surface area contributed by atoms with Crippen LogP contribution in [0.5, 0.6) is 0 Å². The second kappa shape index (κ2) is 17.0. The van der Waals surface area contributed by atoms with Gasteiger partial charge < -0.3 is 0 Å². The summed E-state index contributed by atoms with van der Waals surface area (Å²) in [5, 5.41) is 0. The predicted molar refractivity (Wildman–Crippen MR) is 89.5 cm³/mol. The number of hydrogen-bond donors (Lipinski definition) is 0. The van der Waals surface area contributed by atoms with Gasteiger partial charge >= 0.3 is 0 Å². The topological polar surface area (TPSA) is 0 Å². The molecule has 0 radical (unpaired) electrons. The van der Waals surface area contributed by atoms with Crippen molar-refractivity contribution < 1.29 is 0 Å². The van der Waals surface area contributed by atoms with Crippen LogP contribution in [0.4, 0.5) is 0 Å². The molecule has 0 heteroatoms. The van der Waals surface area contributed by atoms with Crippen molar-refractivity contribution in [1.82, 2.24) is 0 Å². The quantitative estimate of drug-likeness (QED) is 0.206. The van der Waals surface area contributed by atoms with E-state index in [9.17, 15) is 0 Å². The Bertz CT molecular complexity index is 266. The van der Waals surface area contributed by atoms with Gasteiger partial charge in [-0.1, -0.05) is 88.1 Å². The molecule has 0 bridgehead atoms. The van der Waals surface area contributed by atoms with Gasteiger partial charge in [0.2, 0.25) is 0 Å². The molecule has 0 unspecified atom stereocenters. The fraction of sp³-hybridized carbons (Fsp3) is 0.579. The molecule has 0 aliphatic heterocycles. The summed E-state index contributed by atoms with van der Waals surface area (Å²) in [6.07, 6.45) is 29.1. The highest BCUT2D eigenvalue weighted by atomic mass is 13.9. The van der Waals surface area contributed by atoms with Crippen molar-refractivity contribution in [3.05, 3.63) is 48.6 Å². The third-order valence-electron chi connectivity index (χ3n) is 2.97. The summed E-state index contributed by atoms with van der Waals surface area (Å²) in [5.41, 5.74) is 0. The Labute approximate surface area is 121 Å². The zero-order chi connectivity index (χ0) is 14.0. The van der Waals surface area contributed by atoms with E-state index in [-0.39, 0.29) is 0 Å². The van der Waals surface area contributed by atoms with Gasteiger partial charge in [-0.25, -0.2) is 0 Å². The summed E-state index contributed by atoms with van der Waals surface area (Å²) >= 11 is 0. The van der Waals surface area contributed by atoms with Crippen molar-refractivity contribution in [1.29, 1.82) is 0 Å². The van der Waals surface area contributed by atoms with Gasteiger partial charge in [0.1, 0.15) is 0 Å². The number of unbranched alkanes of at least 4 members (excludes halogenated alkanes) is 5. The third-order valence-corrected chi connectivity index (χ3v) is 2.97. The van der Waals surface area contributed by atoms with Gasteiger partial charge in [0.15, 0.2) is 0 Å². The number of hydrogen-bond acceptors (Lipinski definition) is 0. The van der Waals surface area contributed by atoms with Crippen molar-refractivity contribution in [2.45, 2.75) is 71.6 Å². The molecule has 0 spiro atoms. The lowest BCUT2D eigenvalue weighted by molar-refractivity contribution is 0.637. The molecule has 0 atom stereocenters. The zero-order valence-electron chi connectivity index (χ0n) is 13.0. The fourth-order valence-corrected chi connectivity index (χ4v) is 1.81. The normalized spacial score (nSPS) is 12.7. The molecule has 0 aliphatic carbocycles. The van der Waals surface area contributed by atoms with Crippen LogP contribution < -0.4 is 0 Å². The van der Waals surface area contributed by atoms with Crippen LogP contribution in [0.1, 0.15) is 71.6 Å². The molecular weight excluding hydrogens is 228 g/mol. The Hall–Kier alpha value is -1.04. The molecular formula is C19H32. The Morgan fingerprint density at radius 1 is 0.579 bits per heavy atom. The summed E-state index contributed by atoms with van der Waals surface area (Å²) in [6.45, 7) is 4.43. The Morgan fingerprint density at radius 2 is 1.21 bits per heavy atom. The molecule has 0 fully saturated rings. The van der Waals surface area contributed by atoms with Crippen LogP contribution in [0.2, 0.25) is 0 Å². The molecule has 0 heterocycles. The fourth-order valence-electron chi connectivity index (χ4n) is 1.81. The highest BCUT2D eigenvalue weighted by molar-refractivity contribution is 5.05. The highest BCUT2D eigenvalue weighted by Gasteiger charge is 1.85. The molecule has 0 aromatic heterocycles. The van der Waals surface area contributed by atoms with E-state index in [1.165, 1.54) is 38.5 Å². The monoisotopic (exact) mass is 260 g/mol. The SMILES string of the molecule is CCC=CCC=CCC=CC=CCCCCCCC. The second-order valence-electron chi connectivity index (χ2n) is 4.88. The van der Waals surface area contributed by atoms with Crippen LogP contribution in [0.3, 0.4) is 0 Å². The first-order valence-electron chi connectivity index (χ1n) is 8.03. The lowest BCUT2D eigenvalue weighted by Crippen LogP contribution is -1.75. The van der Waals surface area contributed by atoms with Gasteiger partial charge in [-0.3, -0.25) is 0 Å². The Balaban J connectivity index is 3.34. The van der Waals surface area contributed by atoms with E-state index in [0.29, 0.717) is 0 Å². The van der Waals surface area contributed by atoms with Crippen LogP contribution in [0.15, 0.2) is 48.6 Å². The highest BCUT2D eigenvalue weighted by Crippen LogP contribution is 2.05. The first kappa shape index (κ1) is 18.0. The zero-order valence-corrected chi connectivity index (χ0v) is 13.0. The van der Waals surface area contributed by atoms with E-state index >= 15 is 0 Å². The van der Waals surface area contributed by atoms with Gasteiger partial charge in [-0.05, 0) is 32.1 Å². The van der Waals surface area contributed by atoms with Crippen LogP contribution in [-0.2, 0) is 0 Å². The van der Waals surface area contributed by atoms with E-state index in [4.69, 9.17) is 0 Å². The van der Waals surface area contributed by atoms with Gasteiger partial charge in [0.25, 0.3) is 0 Å². The first-order chi connectivity index (χ1) is 9.41. The van der Waals surface area contributed by atoms with E-state index < -0.39 is 0 Å².